The third kappa shape index (κ3) is 3.49. The molecule has 0 N–H and O–H groups in total. The lowest BCUT2D eigenvalue weighted by Crippen LogP contribution is -2.47. The summed E-state index contributed by atoms with van der Waals surface area (Å²) < 4.78 is 34.6. The van der Waals surface area contributed by atoms with Crippen molar-refractivity contribution in [2.75, 3.05) is 6.26 Å². The van der Waals surface area contributed by atoms with Crippen molar-refractivity contribution < 1.29 is 17.3 Å². The molecule has 0 aliphatic heterocycles. The Labute approximate surface area is 122 Å². The van der Waals surface area contributed by atoms with Crippen LogP contribution in [0.1, 0.15) is 30.4 Å². The molecule has 0 unspecified atom stereocenters. The molecule has 0 saturated heterocycles. The lowest BCUT2D eigenvalue weighted by Gasteiger charge is -2.39. The van der Waals surface area contributed by atoms with E-state index in [0.717, 1.165) is 28.3 Å². The highest BCUT2D eigenvalue weighted by Crippen LogP contribution is 2.40. The molecule has 1 aliphatic rings. The second kappa shape index (κ2) is 5.07. The zero-order chi connectivity index (χ0) is 14.3. The minimum atomic E-state index is -3.53. The Morgan fingerprint density at radius 3 is 2.11 bits per heavy atom. The van der Waals surface area contributed by atoms with Gasteiger partial charge >= 0.3 is 0 Å². The first kappa shape index (κ1) is 14.8. The van der Waals surface area contributed by atoms with Crippen LogP contribution in [0.5, 0.6) is 5.75 Å². The van der Waals surface area contributed by atoms with Crippen molar-refractivity contribution in [3.63, 3.8) is 0 Å². The van der Waals surface area contributed by atoms with Crippen molar-refractivity contribution in [1.29, 1.82) is 0 Å². The first-order valence-electron chi connectivity index (χ1n) is 6.07. The molecule has 0 amide bonds. The zero-order valence-electron chi connectivity index (χ0n) is 11.2. The summed E-state index contributed by atoms with van der Waals surface area (Å²) in [6, 6.07) is 3.76. The van der Waals surface area contributed by atoms with Crippen LogP contribution in [0.4, 0.5) is 0 Å². The van der Waals surface area contributed by atoms with Crippen LogP contribution in [-0.4, -0.2) is 20.5 Å². The summed E-state index contributed by atoms with van der Waals surface area (Å²) in [6.07, 6.45) is 3.14. The molecule has 0 bridgehead atoms. The lowest BCUT2D eigenvalue weighted by molar-refractivity contribution is -0.164. The molecular weight excluding hydrogens is 332 g/mol. The Morgan fingerprint density at radius 1 is 1.21 bits per heavy atom. The van der Waals surface area contributed by atoms with Crippen LogP contribution in [0, 0.1) is 13.8 Å². The Kier molecular flexibility index (Phi) is 3.95. The maximum atomic E-state index is 11.3. The van der Waals surface area contributed by atoms with E-state index in [-0.39, 0.29) is 0 Å². The van der Waals surface area contributed by atoms with E-state index in [1.807, 2.05) is 26.0 Å². The SMILES string of the molecule is Cc1cc(OC2(OS(C)(=O)=O)CCC2)cc(C)c1Br. The normalized spacial score (nSPS) is 17.9. The molecule has 1 aliphatic carbocycles. The van der Waals surface area contributed by atoms with E-state index in [0.29, 0.717) is 18.6 Å². The monoisotopic (exact) mass is 348 g/mol. The minimum Gasteiger partial charge on any atom is -0.461 e. The minimum absolute atomic E-state index is 0.591. The van der Waals surface area contributed by atoms with Crippen molar-refractivity contribution in [3.05, 3.63) is 27.7 Å². The molecule has 106 valence electrons. The summed E-state index contributed by atoms with van der Waals surface area (Å²) in [5.74, 6) is -0.373. The maximum Gasteiger partial charge on any atom is 0.267 e. The molecule has 1 aromatic carbocycles. The van der Waals surface area contributed by atoms with Gasteiger partial charge < -0.3 is 4.74 Å². The highest BCUT2D eigenvalue weighted by molar-refractivity contribution is 9.10. The molecule has 1 fully saturated rings. The fourth-order valence-corrected chi connectivity index (χ4v) is 3.10. The van der Waals surface area contributed by atoms with E-state index in [9.17, 15) is 8.42 Å². The summed E-state index contributed by atoms with van der Waals surface area (Å²) in [5.41, 5.74) is 2.09. The molecule has 6 heteroatoms. The number of hydrogen-bond acceptors (Lipinski definition) is 4. The van der Waals surface area contributed by atoms with Gasteiger partial charge in [-0.1, -0.05) is 15.9 Å². The van der Waals surface area contributed by atoms with Crippen molar-refractivity contribution >= 4 is 26.0 Å². The van der Waals surface area contributed by atoms with Crippen LogP contribution in [0.3, 0.4) is 0 Å². The van der Waals surface area contributed by atoms with E-state index in [4.69, 9.17) is 8.92 Å². The number of ether oxygens (including phenoxy) is 1. The van der Waals surface area contributed by atoms with E-state index in [2.05, 4.69) is 15.9 Å². The van der Waals surface area contributed by atoms with Crippen LogP contribution in [0.2, 0.25) is 0 Å². The van der Waals surface area contributed by atoms with E-state index in [1.165, 1.54) is 0 Å². The fourth-order valence-electron chi connectivity index (χ4n) is 2.12. The Hall–Kier alpha value is -0.590. The molecule has 19 heavy (non-hydrogen) atoms. The Bertz CT molecular complexity index is 568. The molecule has 0 spiro atoms. The van der Waals surface area contributed by atoms with E-state index in [1.54, 1.807) is 0 Å². The van der Waals surface area contributed by atoms with Gasteiger partial charge in [0.25, 0.3) is 10.1 Å². The number of halogens is 1. The van der Waals surface area contributed by atoms with E-state index >= 15 is 0 Å². The molecule has 1 aromatic rings. The fraction of sp³-hybridized carbons (Fsp3) is 0.538. The van der Waals surface area contributed by atoms with E-state index < -0.39 is 15.9 Å². The van der Waals surface area contributed by atoms with Gasteiger partial charge in [0.2, 0.25) is 5.79 Å². The molecule has 0 atom stereocenters. The first-order valence-corrected chi connectivity index (χ1v) is 8.68. The van der Waals surface area contributed by atoms with Crippen LogP contribution in [-0.2, 0) is 14.3 Å². The highest BCUT2D eigenvalue weighted by Gasteiger charge is 2.44. The average Bonchev–Trinajstić information content (AvgIpc) is 2.20. The van der Waals surface area contributed by atoms with Gasteiger partial charge in [0, 0.05) is 17.3 Å². The van der Waals surface area contributed by atoms with Crippen molar-refractivity contribution in [2.45, 2.75) is 38.9 Å². The predicted octanol–water partition coefficient (Wildman–Crippen LogP) is 3.30. The smallest absolute Gasteiger partial charge is 0.267 e. The second-order valence-electron chi connectivity index (χ2n) is 5.02. The second-order valence-corrected chi connectivity index (χ2v) is 7.39. The van der Waals surface area contributed by atoms with Crippen LogP contribution >= 0.6 is 15.9 Å². The lowest BCUT2D eigenvalue weighted by atomic mass is 9.91. The molecule has 1 saturated carbocycles. The highest BCUT2D eigenvalue weighted by atomic mass is 79.9. The van der Waals surface area contributed by atoms with Gasteiger partial charge in [-0.2, -0.15) is 8.42 Å². The maximum absolute atomic E-state index is 11.3. The predicted molar refractivity (Wildman–Crippen MR) is 76.8 cm³/mol. The topological polar surface area (TPSA) is 52.6 Å². The quantitative estimate of drug-likeness (QED) is 0.618. The third-order valence-electron chi connectivity index (χ3n) is 3.13. The van der Waals surface area contributed by atoms with Gasteiger partial charge in [0.15, 0.2) is 0 Å². The standard InChI is InChI=1S/C13H17BrO4S/c1-9-7-11(8-10(2)12(9)14)17-13(5-4-6-13)18-19(3,15)16/h7-8H,4-6H2,1-3H3. The van der Waals surface area contributed by atoms with Crippen LogP contribution < -0.4 is 4.74 Å². The molecule has 4 nitrogen and oxygen atoms in total. The largest absolute Gasteiger partial charge is 0.461 e. The van der Waals surface area contributed by atoms with Crippen molar-refractivity contribution in [2.24, 2.45) is 0 Å². The van der Waals surface area contributed by atoms with Gasteiger partial charge in [-0.25, -0.2) is 4.18 Å². The van der Waals surface area contributed by atoms with Crippen LogP contribution in [0.25, 0.3) is 0 Å². The molecule has 0 heterocycles. The Morgan fingerprint density at radius 2 is 1.74 bits per heavy atom. The Balaban J connectivity index is 2.24. The number of benzene rings is 1. The van der Waals surface area contributed by atoms with Gasteiger partial charge in [-0.15, -0.1) is 0 Å². The number of aryl methyl sites for hydroxylation is 2. The summed E-state index contributed by atoms with van der Waals surface area (Å²) >= 11 is 3.49. The average molecular weight is 349 g/mol. The molecule has 0 radical (unpaired) electrons. The molecule has 0 aromatic heterocycles. The summed E-state index contributed by atoms with van der Waals surface area (Å²) in [6.45, 7) is 3.93. The van der Waals surface area contributed by atoms with Crippen molar-refractivity contribution in [1.82, 2.24) is 0 Å². The zero-order valence-corrected chi connectivity index (χ0v) is 13.6. The number of rotatable bonds is 4. The summed E-state index contributed by atoms with van der Waals surface area (Å²) in [5, 5.41) is 0. The molecular formula is C13H17BrO4S. The van der Waals surface area contributed by atoms with Gasteiger partial charge in [-0.3, -0.25) is 0 Å². The summed E-state index contributed by atoms with van der Waals surface area (Å²) in [4.78, 5) is 0. The first-order chi connectivity index (χ1) is 8.71. The number of hydrogen-bond donors (Lipinski definition) is 0. The van der Waals surface area contributed by atoms with Gasteiger partial charge in [-0.05, 0) is 43.5 Å². The van der Waals surface area contributed by atoms with Gasteiger partial charge in [0.1, 0.15) is 5.75 Å². The van der Waals surface area contributed by atoms with Gasteiger partial charge in [0.05, 0.1) is 6.26 Å². The van der Waals surface area contributed by atoms with Crippen molar-refractivity contribution in [3.8, 4) is 5.75 Å². The third-order valence-corrected chi connectivity index (χ3v) is 4.99. The summed E-state index contributed by atoms with van der Waals surface area (Å²) in [7, 11) is -3.53. The molecule has 2 rings (SSSR count). The van der Waals surface area contributed by atoms with Crippen LogP contribution in [0.15, 0.2) is 16.6 Å².